The highest BCUT2D eigenvalue weighted by Crippen LogP contribution is 2.00. The van der Waals surface area contributed by atoms with E-state index in [-0.39, 0.29) is 26.0 Å². The van der Waals surface area contributed by atoms with Gasteiger partial charge in [0.15, 0.2) is 5.03 Å². The lowest BCUT2D eigenvalue weighted by Crippen LogP contribution is -2.46. The summed E-state index contributed by atoms with van der Waals surface area (Å²) in [5, 5.41) is 28.0. The lowest BCUT2D eigenvalue weighted by Gasteiger charge is -2.15. The molecule has 0 saturated carbocycles. The molecule has 13 heteroatoms. The number of amides is 2. The van der Waals surface area contributed by atoms with Gasteiger partial charge in [0.05, 0.1) is 0 Å². The van der Waals surface area contributed by atoms with Crippen LogP contribution in [0.15, 0.2) is 35.4 Å². The van der Waals surface area contributed by atoms with E-state index in [9.17, 15) is 24.5 Å². The quantitative estimate of drug-likeness (QED) is 0.103. The minimum Gasteiger partial charge on any atom is -0.480 e. The van der Waals surface area contributed by atoms with Crippen LogP contribution in [-0.4, -0.2) is 53.2 Å². The second-order valence-electron chi connectivity index (χ2n) is 5.67. The molecule has 0 aliphatic heterocycles. The van der Waals surface area contributed by atoms with Gasteiger partial charge in [0.25, 0.3) is 5.96 Å². The summed E-state index contributed by atoms with van der Waals surface area (Å²) in [4.78, 5) is 44.7. The molecule has 1 rings (SSSR count). The maximum atomic E-state index is 11.8. The highest BCUT2D eigenvalue weighted by Gasteiger charge is 2.19. The summed E-state index contributed by atoms with van der Waals surface area (Å²) in [7, 11) is 0. The first-order valence-electron chi connectivity index (χ1n) is 8.47. The first kappa shape index (κ1) is 23.1. The molecule has 0 aromatic heterocycles. The standard InChI is InChI=1S/C16H22N6O7/c17-15(21-22(27)28)18-8-4-7-12(14(24)25)20-13(23)9-19-16(26)29-10-11-5-2-1-3-6-11/h1-3,5-6,12H,4,7-10H2,(H,19,26)(H,20,23)(H,24,25)(H3,17,18,21)/t12-/m1/s1. The van der Waals surface area contributed by atoms with Crippen molar-refractivity contribution in [2.45, 2.75) is 25.5 Å². The maximum absolute atomic E-state index is 11.8. The van der Waals surface area contributed by atoms with E-state index in [0.29, 0.717) is 0 Å². The molecule has 0 spiro atoms. The molecule has 0 aliphatic carbocycles. The Morgan fingerprint density at radius 1 is 1.24 bits per heavy atom. The number of nitro groups is 1. The third-order valence-corrected chi connectivity index (χ3v) is 3.40. The van der Waals surface area contributed by atoms with Crippen LogP contribution in [0, 0.1) is 10.1 Å². The minimum atomic E-state index is -1.27. The molecular formula is C16H22N6O7. The molecule has 1 aromatic carbocycles. The van der Waals surface area contributed by atoms with Crippen LogP contribution in [0.5, 0.6) is 0 Å². The molecule has 2 amide bonds. The number of benzene rings is 1. The van der Waals surface area contributed by atoms with E-state index in [1.165, 1.54) is 0 Å². The van der Waals surface area contributed by atoms with Crippen molar-refractivity contribution >= 4 is 23.9 Å². The Morgan fingerprint density at radius 3 is 2.55 bits per heavy atom. The number of nitrogens with one attached hydrogen (secondary N) is 3. The van der Waals surface area contributed by atoms with Gasteiger partial charge in [0, 0.05) is 6.54 Å². The van der Waals surface area contributed by atoms with Crippen LogP contribution in [0.4, 0.5) is 4.79 Å². The molecule has 158 valence electrons. The zero-order chi connectivity index (χ0) is 21.6. The highest BCUT2D eigenvalue weighted by molar-refractivity contribution is 5.86. The van der Waals surface area contributed by atoms with Gasteiger partial charge >= 0.3 is 12.1 Å². The summed E-state index contributed by atoms with van der Waals surface area (Å²) < 4.78 is 4.93. The van der Waals surface area contributed by atoms with Crippen LogP contribution in [0.25, 0.3) is 0 Å². The zero-order valence-electron chi connectivity index (χ0n) is 15.4. The minimum absolute atomic E-state index is 0.0261. The normalized spacial score (nSPS) is 11.8. The zero-order valence-corrected chi connectivity index (χ0v) is 15.4. The Balaban J connectivity index is 2.30. The van der Waals surface area contributed by atoms with Crippen molar-refractivity contribution in [3.8, 4) is 0 Å². The number of carboxylic acids is 1. The Morgan fingerprint density at radius 2 is 1.93 bits per heavy atom. The molecule has 6 N–H and O–H groups in total. The molecule has 13 nitrogen and oxygen atoms in total. The molecular weight excluding hydrogens is 388 g/mol. The number of hydrogen-bond acceptors (Lipinski definition) is 6. The molecule has 0 heterocycles. The van der Waals surface area contributed by atoms with Crippen LogP contribution in [0.3, 0.4) is 0 Å². The first-order chi connectivity index (χ1) is 13.8. The number of carbonyl (C=O) groups excluding carboxylic acids is 2. The lowest BCUT2D eigenvalue weighted by atomic mass is 10.1. The number of ether oxygens (including phenoxy) is 1. The van der Waals surface area contributed by atoms with Crippen LogP contribution in [0.2, 0.25) is 0 Å². The van der Waals surface area contributed by atoms with Crippen molar-refractivity contribution in [2.24, 2.45) is 10.8 Å². The van der Waals surface area contributed by atoms with E-state index < -0.39 is 41.5 Å². The van der Waals surface area contributed by atoms with Gasteiger partial charge in [-0.15, -0.1) is 0 Å². The van der Waals surface area contributed by atoms with Crippen LogP contribution < -0.4 is 21.7 Å². The molecule has 29 heavy (non-hydrogen) atoms. The molecule has 0 radical (unpaired) electrons. The van der Waals surface area contributed by atoms with Crippen molar-refractivity contribution in [3.63, 3.8) is 0 Å². The number of alkyl carbamates (subject to hydrolysis) is 1. The predicted molar refractivity (Wildman–Crippen MR) is 100 cm³/mol. The Bertz CT molecular complexity index is 741. The fourth-order valence-electron chi connectivity index (χ4n) is 2.08. The smallest absolute Gasteiger partial charge is 0.407 e. The number of nitrogens with two attached hydrogens (primary N) is 1. The van der Waals surface area contributed by atoms with Gasteiger partial charge in [-0.1, -0.05) is 30.3 Å². The average Bonchev–Trinajstić information content (AvgIpc) is 2.67. The fraction of sp³-hybridized carbons (Fsp3) is 0.375. The fourth-order valence-corrected chi connectivity index (χ4v) is 2.08. The largest absolute Gasteiger partial charge is 0.480 e. The Hall–Kier alpha value is -3.90. The van der Waals surface area contributed by atoms with Crippen LogP contribution in [-0.2, 0) is 20.9 Å². The molecule has 0 aliphatic rings. The topological polar surface area (TPSA) is 198 Å². The average molecular weight is 410 g/mol. The van der Waals surface area contributed by atoms with E-state index in [4.69, 9.17) is 15.6 Å². The van der Waals surface area contributed by atoms with E-state index in [0.717, 1.165) is 5.56 Å². The van der Waals surface area contributed by atoms with Gasteiger partial charge in [-0.3, -0.25) is 4.79 Å². The number of carboxylic acid groups (broad SMARTS) is 1. The maximum Gasteiger partial charge on any atom is 0.407 e. The van der Waals surface area contributed by atoms with Gasteiger partial charge in [-0.2, -0.15) is 0 Å². The van der Waals surface area contributed by atoms with Crippen LogP contribution in [0.1, 0.15) is 18.4 Å². The van der Waals surface area contributed by atoms with Gasteiger partial charge < -0.3 is 31.5 Å². The third-order valence-electron chi connectivity index (χ3n) is 3.40. The summed E-state index contributed by atoms with van der Waals surface area (Å²) in [5.74, 6) is -2.39. The van der Waals surface area contributed by atoms with E-state index in [1.807, 2.05) is 6.07 Å². The van der Waals surface area contributed by atoms with Gasteiger partial charge in [-0.25, -0.2) is 19.7 Å². The number of rotatable bonds is 11. The van der Waals surface area contributed by atoms with Crippen molar-refractivity contribution in [1.82, 2.24) is 16.0 Å². The Kier molecular flexibility index (Phi) is 9.96. The predicted octanol–water partition coefficient (Wildman–Crippen LogP) is -0.642. The SMILES string of the molecule is N/C(=N/[N+](=O)[O-])NCCC[C@@H](NC(=O)CNC(=O)OCc1ccccc1)C(=O)O. The molecule has 0 saturated heterocycles. The first-order valence-corrected chi connectivity index (χ1v) is 8.47. The molecule has 1 atom stereocenters. The van der Waals surface area contributed by atoms with Gasteiger partial charge in [0.1, 0.15) is 24.3 Å². The van der Waals surface area contributed by atoms with Crippen molar-refractivity contribution in [3.05, 3.63) is 46.0 Å². The van der Waals surface area contributed by atoms with Crippen molar-refractivity contribution < 1.29 is 29.3 Å². The second-order valence-corrected chi connectivity index (χ2v) is 5.67. The summed E-state index contributed by atoms with van der Waals surface area (Å²) >= 11 is 0. The number of hydrogen-bond donors (Lipinski definition) is 5. The second kappa shape index (κ2) is 12.5. The molecule has 1 aromatic rings. The van der Waals surface area contributed by atoms with Crippen molar-refractivity contribution in [1.29, 1.82) is 0 Å². The summed E-state index contributed by atoms with van der Waals surface area (Å²) in [6.07, 6.45) is -0.559. The highest BCUT2D eigenvalue weighted by atomic mass is 16.7. The van der Waals surface area contributed by atoms with E-state index in [1.54, 1.807) is 24.3 Å². The van der Waals surface area contributed by atoms with Crippen LogP contribution >= 0.6 is 0 Å². The summed E-state index contributed by atoms with van der Waals surface area (Å²) in [6, 6.07) is 7.72. The summed E-state index contributed by atoms with van der Waals surface area (Å²) in [6.45, 7) is -0.313. The molecule has 0 fully saturated rings. The van der Waals surface area contributed by atoms with E-state index >= 15 is 0 Å². The lowest BCUT2D eigenvalue weighted by molar-refractivity contribution is -0.485. The number of carbonyl (C=O) groups is 3. The number of guanidine groups is 1. The van der Waals surface area contributed by atoms with E-state index in [2.05, 4.69) is 21.1 Å². The number of nitrogens with zero attached hydrogens (tertiary/aromatic N) is 2. The number of hydrazone groups is 1. The third kappa shape index (κ3) is 10.7. The molecule has 0 unspecified atom stereocenters. The monoisotopic (exact) mass is 410 g/mol. The molecule has 0 bridgehead atoms. The van der Waals surface area contributed by atoms with Gasteiger partial charge in [-0.05, 0) is 18.4 Å². The number of aliphatic carboxylic acids is 1. The van der Waals surface area contributed by atoms with Gasteiger partial charge in [0.2, 0.25) is 5.91 Å². The summed E-state index contributed by atoms with van der Waals surface area (Å²) in [5.41, 5.74) is 5.99. The van der Waals surface area contributed by atoms with Crippen molar-refractivity contribution in [2.75, 3.05) is 13.1 Å². The Labute approximate surface area is 165 Å².